The summed E-state index contributed by atoms with van der Waals surface area (Å²) in [5, 5.41) is 27.6. The Morgan fingerprint density at radius 3 is 2.33 bits per heavy atom. The molecule has 1 aliphatic heterocycles. The predicted octanol–water partition coefficient (Wildman–Crippen LogP) is 3.57. The highest BCUT2D eigenvalue weighted by Gasteiger charge is 2.64. The number of carboxylic acid groups (broad SMARTS) is 1. The topological polar surface area (TPSA) is 131 Å². The number of ether oxygens (including phenoxy) is 1. The lowest BCUT2D eigenvalue weighted by Crippen LogP contribution is -2.60. The number of carboxylic acids is 1. The van der Waals surface area contributed by atoms with Crippen molar-refractivity contribution in [3.05, 3.63) is 81.9 Å². The van der Waals surface area contributed by atoms with Crippen molar-refractivity contribution in [2.75, 3.05) is 6.54 Å². The van der Waals surface area contributed by atoms with E-state index in [0.717, 1.165) is 5.56 Å². The summed E-state index contributed by atoms with van der Waals surface area (Å²) < 4.78 is 6.40. The third kappa shape index (κ3) is 6.09. The zero-order valence-corrected chi connectivity index (χ0v) is 20.9. The van der Waals surface area contributed by atoms with Gasteiger partial charge in [0.15, 0.2) is 0 Å². The Kier molecular flexibility index (Phi) is 9.17. The molecule has 2 aromatic carbocycles. The summed E-state index contributed by atoms with van der Waals surface area (Å²) in [6.45, 7) is 5.81. The van der Waals surface area contributed by atoms with Crippen LogP contribution in [-0.2, 0) is 20.9 Å². The van der Waals surface area contributed by atoms with Gasteiger partial charge in [-0.3, -0.25) is 25.0 Å². The van der Waals surface area contributed by atoms with Gasteiger partial charge in [-0.05, 0) is 24.0 Å². The molecule has 0 saturated carbocycles. The molecule has 0 radical (unpaired) electrons. The van der Waals surface area contributed by atoms with Crippen molar-refractivity contribution in [3.8, 4) is 0 Å². The van der Waals surface area contributed by atoms with E-state index in [1.807, 2.05) is 74.5 Å². The van der Waals surface area contributed by atoms with Crippen LogP contribution in [0.4, 0.5) is 0 Å². The normalized spacial score (nSPS) is 25.1. The molecule has 0 spiro atoms. The number of rotatable bonds is 12. The van der Waals surface area contributed by atoms with Crippen LogP contribution >= 0.6 is 0 Å². The quantitative estimate of drug-likeness (QED) is 0.302. The van der Waals surface area contributed by atoms with Gasteiger partial charge in [0.05, 0.1) is 25.0 Å². The number of hydrogen-bond donors (Lipinski definition) is 3. The van der Waals surface area contributed by atoms with Crippen molar-refractivity contribution in [2.24, 2.45) is 11.8 Å². The Morgan fingerprint density at radius 2 is 1.78 bits per heavy atom. The summed E-state index contributed by atoms with van der Waals surface area (Å²) in [4.78, 5) is 36.8. The van der Waals surface area contributed by atoms with Crippen LogP contribution in [0.3, 0.4) is 0 Å². The molecule has 1 saturated heterocycles. The molecule has 1 amide bonds. The Labute approximate surface area is 211 Å². The van der Waals surface area contributed by atoms with Crippen molar-refractivity contribution in [1.82, 2.24) is 10.6 Å². The van der Waals surface area contributed by atoms with Gasteiger partial charge in [0, 0.05) is 11.5 Å². The smallest absolute Gasteiger partial charge is 0.305 e. The number of hydrogen-bond acceptors (Lipinski definition) is 6. The summed E-state index contributed by atoms with van der Waals surface area (Å²) in [5.74, 6) is -2.41. The van der Waals surface area contributed by atoms with Gasteiger partial charge in [-0.25, -0.2) is 0 Å². The van der Waals surface area contributed by atoms with E-state index in [-0.39, 0.29) is 30.4 Å². The SMILES string of the molecule is CC[C@H](C)C(OCc1ccccc1)C1C([N+](=O)[O-])C(c2ccccc2)NC1(C)C(=O)NCCC(=O)O. The molecule has 0 aromatic heterocycles. The minimum atomic E-state index is -1.37. The first-order valence-corrected chi connectivity index (χ1v) is 12.3. The van der Waals surface area contributed by atoms with E-state index < -0.39 is 41.5 Å². The van der Waals surface area contributed by atoms with Crippen LogP contribution in [0.1, 0.15) is 50.8 Å². The van der Waals surface area contributed by atoms with Crippen molar-refractivity contribution < 1.29 is 24.4 Å². The van der Waals surface area contributed by atoms with Crippen LogP contribution in [0.2, 0.25) is 0 Å². The van der Waals surface area contributed by atoms with E-state index in [9.17, 15) is 19.7 Å². The number of nitrogens with zero attached hydrogens (tertiary/aromatic N) is 1. The van der Waals surface area contributed by atoms with Gasteiger partial charge < -0.3 is 15.2 Å². The predicted molar refractivity (Wildman–Crippen MR) is 135 cm³/mol. The molecule has 2 aromatic rings. The molecule has 3 rings (SSSR count). The number of nitrogens with one attached hydrogen (secondary N) is 2. The molecule has 0 bridgehead atoms. The Bertz CT molecular complexity index is 1030. The average Bonchev–Trinajstić information content (AvgIpc) is 3.19. The number of aliphatic carboxylic acids is 1. The van der Waals surface area contributed by atoms with Crippen molar-refractivity contribution >= 4 is 11.9 Å². The number of carbonyl (C=O) groups excluding carboxylic acids is 1. The zero-order chi connectivity index (χ0) is 26.3. The molecule has 9 heteroatoms. The molecule has 1 heterocycles. The van der Waals surface area contributed by atoms with Gasteiger partial charge in [0.25, 0.3) is 0 Å². The summed E-state index contributed by atoms with van der Waals surface area (Å²) in [6.07, 6.45) is -0.151. The first-order chi connectivity index (χ1) is 17.2. The summed E-state index contributed by atoms with van der Waals surface area (Å²) in [6, 6.07) is 16.8. The van der Waals surface area contributed by atoms with Gasteiger partial charge in [0.1, 0.15) is 11.6 Å². The van der Waals surface area contributed by atoms with E-state index in [1.54, 1.807) is 6.92 Å². The second kappa shape index (κ2) is 12.1. The maximum Gasteiger partial charge on any atom is 0.305 e. The molecule has 6 atom stereocenters. The number of amides is 1. The molecular formula is C27H35N3O6. The lowest BCUT2D eigenvalue weighted by molar-refractivity contribution is -0.536. The lowest BCUT2D eigenvalue weighted by Gasteiger charge is -2.37. The van der Waals surface area contributed by atoms with Crippen LogP contribution in [0.5, 0.6) is 0 Å². The highest BCUT2D eigenvalue weighted by atomic mass is 16.6. The molecule has 194 valence electrons. The van der Waals surface area contributed by atoms with Gasteiger partial charge >= 0.3 is 5.97 Å². The van der Waals surface area contributed by atoms with Crippen LogP contribution in [0.15, 0.2) is 60.7 Å². The third-order valence-corrected chi connectivity index (χ3v) is 7.17. The lowest BCUT2D eigenvalue weighted by atomic mass is 9.74. The highest BCUT2D eigenvalue weighted by Crippen LogP contribution is 2.45. The number of nitro groups is 1. The van der Waals surface area contributed by atoms with Gasteiger partial charge in [-0.1, -0.05) is 80.9 Å². The average molecular weight is 498 g/mol. The zero-order valence-electron chi connectivity index (χ0n) is 20.9. The maximum atomic E-state index is 13.5. The largest absolute Gasteiger partial charge is 0.481 e. The fraction of sp³-hybridized carbons (Fsp3) is 0.481. The van der Waals surface area contributed by atoms with Crippen LogP contribution in [-0.4, -0.2) is 46.1 Å². The van der Waals surface area contributed by atoms with Gasteiger partial charge in [0.2, 0.25) is 11.9 Å². The summed E-state index contributed by atoms with van der Waals surface area (Å²) in [5.41, 5.74) is 0.264. The first kappa shape index (κ1) is 27.3. The van der Waals surface area contributed by atoms with Gasteiger partial charge in [-0.15, -0.1) is 0 Å². The minimum absolute atomic E-state index is 0.0733. The molecule has 1 aliphatic rings. The fourth-order valence-corrected chi connectivity index (χ4v) is 5.07. The Balaban J connectivity index is 2.04. The molecule has 9 nitrogen and oxygen atoms in total. The van der Waals surface area contributed by atoms with Crippen LogP contribution in [0, 0.1) is 22.0 Å². The molecule has 1 fully saturated rings. The standard InChI is InChI=1S/C27H35N3O6/c1-4-18(2)25(36-17-19-11-7-5-8-12-19)22-24(30(34)35)23(20-13-9-6-10-14-20)29-27(22,3)26(33)28-16-15-21(31)32/h5-14,18,22-25,29H,4,15-17H2,1-3H3,(H,28,33)(H,31,32)/t18-,22?,23?,24?,25?,27?/m0/s1. The number of carbonyl (C=O) groups is 2. The highest BCUT2D eigenvalue weighted by molar-refractivity contribution is 5.87. The Morgan fingerprint density at radius 1 is 1.17 bits per heavy atom. The molecule has 36 heavy (non-hydrogen) atoms. The van der Waals surface area contributed by atoms with E-state index in [2.05, 4.69) is 10.6 Å². The van der Waals surface area contributed by atoms with Crippen molar-refractivity contribution in [2.45, 2.75) is 63.9 Å². The minimum Gasteiger partial charge on any atom is -0.481 e. The van der Waals surface area contributed by atoms with E-state index in [0.29, 0.717) is 12.0 Å². The van der Waals surface area contributed by atoms with Crippen molar-refractivity contribution in [3.63, 3.8) is 0 Å². The molecule has 3 N–H and O–H groups in total. The second-order valence-corrected chi connectivity index (χ2v) is 9.58. The first-order valence-electron chi connectivity index (χ1n) is 12.3. The fourth-order valence-electron chi connectivity index (χ4n) is 5.07. The van der Waals surface area contributed by atoms with E-state index in [4.69, 9.17) is 9.84 Å². The van der Waals surface area contributed by atoms with Crippen LogP contribution in [0.25, 0.3) is 0 Å². The second-order valence-electron chi connectivity index (χ2n) is 9.58. The third-order valence-electron chi connectivity index (χ3n) is 7.17. The Hall–Kier alpha value is -3.30. The number of benzene rings is 2. The maximum absolute atomic E-state index is 13.5. The monoisotopic (exact) mass is 497 g/mol. The summed E-state index contributed by atoms with van der Waals surface area (Å²) in [7, 11) is 0. The molecular weight excluding hydrogens is 462 g/mol. The molecule has 0 aliphatic carbocycles. The summed E-state index contributed by atoms with van der Waals surface area (Å²) >= 11 is 0. The van der Waals surface area contributed by atoms with E-state index >= 15 is 0 Å². The van der Waals surface area contributed by atoms with E-state index in [1.165, 1.54) is 0 Å². The molecule has 5 unspecified atom stereocenters. The van der Waals surface area contributed by atoms with Crippen LogP contribution < -0.4 is 10.6 Å². The van der Waals surface area contributed by atoms with Crippen molar-refractivity contribution in [1.29, 1.82) is 0 Å². The van der Waals surface area contributed by atoms with Gasteiger partial charge in [-0.2, -0.15) is 0 Å².